The summed E-state index contributed by atoms with van der Waals surface area (Å²) in [7, 11) is 0. The molecule has 0 amide bonds. The van der Waals surface area contributed by atoms with Crippen LogP contribution in [0.25, 0.3) is 0 Å². The van der Waals surface area contributed by atoms with Gasteiger partial charge in [-0.25, -0.2) is 4.98 Å². The number of aromatic nitrogens is 2. The van der Waals surface area contributed by atoms with Crippen molar-refractivity contribution in [3.05, 3.63) is 22.1 Å². The number of nitrogens with one attached hydrogen (secondary N) is 2. The molecule has 4 nitrogen and oxygen atoms in total. The molecule has 1 atom stereocenters. The zero-order valence-corrected chi connectivity index (χ0v) is 13.7. The van der Waals surface area contributed by atoms with Crippen molar-refractivity contribution in [1.29, 1.82) is 0 Å². The Morgan fingerprint density at radius 1 is 1.27 bits per heavy atom. The van der Waals surface area contributed by atoms with Crippen molar-refractivity contribution in [1.82, 2.24) is 9.97 Å². The van der Waals surface area contributed by atoms with Gasteiger partial charge in [-0.1, -0.05) is 0 Å². The highest BCUT2D eigenvalue weighted by Crippen LogP contribution is 2.61. The zero-order valence-electron chi connectivity index (χ0n) is 13.7. The van der Waals surface area contributed by atoms with Crippen molar-refractivity contribution in [2.24, 2.45) is 23.2 Å². The van der Waals surface area contributed by atoms with E-state index in [9.17, 15) is 4.79 Å². The van der Waals surface area contributed by atoms with E-state index in [0.29, 0.717) is 17.4 Å². The Morgan fingerprint density at radius 2 is 1.86 bits per heavy atom. The maximum absolute atomic E-state index is 11.6. The van der Waals surface area contributed by atoms with Crippen LogP contribution in [0.2, 0.25) is 0 Å². The van der Waals surface area contributed by atoms with E-state index in [1.54, 1.807) is 0 Å². The Balaban J connectivity index is 1.45. The molecule has 0 aromatic carbocycles. The molecule has 0 spiro atoms. The Kier molecular flexibility index (Phi) is 3.31. The summed E-state index contributed by atoms with van der Waals surface area (Å²) < 4.78 is 0. The third-order valence-corrected chi connectivity index (χ3v) is 6.16. The van der Waals surface area contributed by atoms with Crippen molar-refractivity contribution in [2.45, 2.75) is 64.8 Å². The molecule has 4 bridgehead atoms. The van der Waals surface area contributed by atoms with E-state index in [-0.39, 0.29) is 5.56 Å². The van der Waals surface area contributed by atoms with E-state index in [1.165, 1.54) is 51.0 Å². The number of anilines is 1. The van der Waals surface area contributed by atoms with Crippen LogP contribution in [0.15, 0.2) is 10.9 Å². The van der Waals surface area contributed by atoms with Crippen LogP contribution in [-0.4, -0.2) is 16.0 Å². The van der Waals surface area contributed by atoms with Gasteiger partial charge in [-0.15, -0.1) is 0 Å². The summed E-state index contributed by atoms with van der Waals surface area (Å²) in [5.74, 6) is 3.61. The second kappa shape index (κ2) is 5.10. The van der Waals surface area contributed by atoms with Gasteiger partial charge in [0.1, 0.15) is 0 Å². The van der Waals surface area contributed by atoms with Crippen LogP contribution in [0, 0.1) is 30.1 Å². The van der Waals surface area contributed by atoms with Crippen molar-refractivity contribution < 1.29 is 0 Å². The maximum Gasteiger partial charge on any atom is 0.252 e. The van der Waals surface area contributed by atoms with E-state index >= 15 is 0 Å². The Hall–Kier alpha value is -1.32. The number of aryl methyl sites for hydroxylation is 1. The summed E-state index contributed by atoms with van der Waals surface area (Å²) in [6.45, 7) is 4.10. The van der Waals surface area contributed by atoms with Gasteiger partial charge in [0.05, 0.1) is 0 Å². The van der Waals surface area contributed by atoms with E-state index in [1.807, 2.05) is 6.92 Å². The molecule has 0 saturated heterocycles. The Morgan fingerprint density at radius 3 is 2.41 bits per heavy atom. The molecule has 4 aliphatic rings. The predicted molar refractivity (Wildman–Crippen MR) is 87.9 cm³/mol. The lowest BCUT2D eigenvalue weighted by Crippen LogP contribution is -2.47. The predicted octanol–water partition coefficient (Wildman–Crippen LogP) is 3.49. The van der Waals surface area contributed by atoms with Gasteiger partial charge in [-0.2, -0.15) is 0 Å². The molecule has 4 fully saturated rings. The molecule has 1 heterocycles. The van der Waals surface area contributed by atoms with Crippen molar-refractivity contribution in [2.75, 3.05) is 5.32 Å². The van der Waals surface area contributed by atoms with E-state index in [4.69, 9.17) is 0 Å². The first-order chi connectivity index (χ1) is 10.5. The van der Waals surface area contributed by atoms with Crippen LogP contribution < -0.4 is 10.9 Å². The van der Waals surface area contributed by atoms with Gasteiger partial charge < -0.3 is 5.32 Å². The average molecular weight is 301 g/mol. The molecule has 120 valence electrons. The molecule has 1 aromatic rings. The number of H-pyrrole nitrogens is 1. The summed E-state index contributed by atoms with van der Waals surface area (Å²) >= 11 is 0. The van der Waals surface area contributed by atoms with Crippen molar-refractivity contribution in [3.63, 3.8) is 0 Å². The highest BCUT2D eigenvalue weighted by Gasteiger charge is 2.50. The second-order valence-corrected chi connectivity index (χ2v) is 8.40. The monoisotopic (exact) mass is 301 g/mol. The molecule has 22 heavy (non-hydrogen) atoms. The van der Waals surface area contributed by atoms with Gasteiger partial charge in [-0.05, 0) is 82.0 Å². The molecule has 5 rings (SSSR count). The zero-order chi connectivity index (χ0) is 15.3. The third-order valence-electron chi connectivity index (χ3n) is 6.16. The number of nitrogens with zero attached hydrogens (tertiary/aromatic N) is 1. The molecule has 2 N–H and O–H groups in total. The molecule has 1 aromatic heterocycles. The fraction of sp³-hybridized carbons (Fsp3) is 0.778. The van der Waals surface area contributed by atoms with Crippen LogP contribution in [0.1, 0.15) is 57.6 Å². The molecule has 4 aliphatic carbocycles. The first-order valence-corrected chi connectivity index (χ1v) is 8.84. The van der Waals surface area contributed by atoms with Gasteiger partial charge in [0.25, 0.3) is 5.56 Å². The molecule has 4 saturated carbocycles. The van der Waals surface area contributed by atoms with Crippen molar-refractivity contribution >= 4 is 5.95 Å². The fourth-order valence-corrected chi connectivity index (χ4v) is 6.12. The first-order valence-electron chi connectivity index (χ1n) is 8.84. The summed E-state index contributed by atoms with van der Waals surface area (Å²) in [6, 6.07) is 1.90. The summed E-state index contributed by atoms with van der Waals surface area (Å²) in [6.07, 6.45) is 10.00. The lowest BCUT2D eigenvalue weighted by Gasteiger charge is -2.57. The fourth-order valence-electron chi connectivity index (χ4n) is 6.12. The number of hydrogen-bond acceptors (Lipinski definition) is 3. The van der Waals surface area contributed by atoms with E-state index in [2.05, 4.69) is 22.2 Å². The minimum absolute atomic E-state index is 0.0722. The smallest absolute Gasteiger partial charge is 0.252 e. The van der Waals surface area contributed by atoms with Crippen LogP contribution in [0.3, 0.4) is 0 Å². The Labute approximate surface area is 132 Å². The van der Waals surface area contributed by atoms with Gasteiger partial charge in [0.2, 0.25) is 5.95 Å². The van der Waals surface area contributed by atoms with Crippen LogP contribution in [-0.2, 0) is 0 Å². The van der Waals surface area contributed by atoms with E-state index < -0.39 is 0 Å². The van der Waals surface area contributed by atoms with E-state index in [0.717, 1.165) is 23.4 Å². The summed E-state index contributed by atoms with van der Waals surface area (Å²) in [5, 5.41) is 3.43. The van der Waals surface area contributed by atoms with Crippen LogP contribution >= 0.6 is 0 Å². The highest BCUT2D eigenvalue weighted by atomic mass is 16.1. The maximum atomic E-state index is 11.6. The summed E-state index contributed by atoms with van der Waals surface area (Å²) in [4.78, 5) is 18.8. The lowest BCUT2D eigenvalue weighted by atomic mass is 9.48. The standard InChI is InChI=1S/C18H27N3O/c1-11-3-16(22)21-17(19-11)20-12(2)7-18-8-13-4-14(9-18)6-15(5-13)10-18/h3,12-15H,4-10H2,1-2H3,(H2,19,20,21,22). The van der Waals surface area contributed by atoms with Gasteiger partial charge in [0.15, 0.2) is 0 Å². The molecule has 0 radical (unpaired) electrons. The third kappa shape index (κ3) is 2.68. The molecule has 0 aliphatic heterocycles. The highest BCUT2D eigenvalue weighted by molar-refractivity contribution is 5.26. The lowest BCUT2D eigenvalue weighted by molar-refractivity contribution is -0.0587. The van der Waals surface area contributed by atoms with Gasteiger partial charge in [0, 0.05) is 17.8 Å². The van der Waals surface area contributed by atoms with Crippen molar-refractivity contribution in [3.8, 4) is 0 Å². The Bertz CT molecular complexity index is 586. The molecule has 4 heteroatoms. The topological polar surface area (TPSA) is 57.8 Å². The average Bonchev–Trinajstić information content (AvgIpc) is 2.33. The largest absolute Gasteiger partial charge is 0.353 e. The van der Waals surface area contributed by atoms with Crippen LogP contribution in [0.4, 0.5) is 5.95 Å². The number of aromatic amines is 1. The second-order valence-electron chi connectivity index (χ2n) is 8.40. The van der Waals surface area contributed by atoms with Crippen LogP contribution in [0.5, 0.6) is 0 Å². The number of hydrogen-bond donors (Lipinski definition) is 2. The quantitative estimate of drug-likeness (QED) is 0.895. The minimum Gasteiger partial charge on any atom is -0.353 e. The molecular formula is C18H27N3O. The summed E-state index contributed by atoms with van der Waals surface area (Å²) in [5.41, 5.74) is 1.26. The minimum atomic E-state index is -0.0722. The first kappa shape index (κ1) is 14.3. The van der Waals surface area contributed by atoms with Gasteiger partial charge in [-0.3, -0.25) is 9.78 Å². The molecular weight excluding hydrogens is 274 g/mol. The van der Waals surface area contributed by atoms with Gasteiger partial charge >= 0.3 is 0 Å². The number of rotatable bonds is 4. The normalized spacial score (nSPS) is 37.3. The molecule has 1 unspecified atom stereocenters. The SMILES string of the molecule is Cc1cc(=O)[nH]c(NC(C)CC23CC4CC(CC(C4)C2)C3)n1.